The molecule has 0 spiro atoms. The highest BCUT2D eigenvalue weighted by atomic mass is 19.1. The number of aromatic nitrogens is 1. The van der Waals surface area contributed by atoms with Gasteiger partial charge in [0.1, 0.15) is 24.7 Å². The molecule has 0 atom stereocenters. The van der Waals surface area contributed by atoms with Crippen molar-refractivity contribution >= 4 is 17.8 Å². The maximum absolute atomic E-state index is 13.1. The Balaban J connectivity index is 1.40. The van der Waals surface area contributed by atoms with E-state index in [1.807, 2.05) is 0 Å². The molecule has 2 aromatic carbocycles. The fourth-order valence-electron chi connectivity index (χ4n) is 3.26. The first kappa shape index (κ1) is 19.5. The zero-order chi connectivity index (χ0) is 21.3. The van der Waals surface area contributed by atoms with Gasteiger partial charge in [-0.15, -0.1) is 0 Å². The minimum atomic E-state index is -0.734. The monoisotopic (exact) mass is 408 g/mol. The number of hydrogen-bond donors (Lipinski definition) is 0. The van der Waals surface area contributed by atoms with Crippen LogP contribution in [0.2, 0.25) is 0 Å². The molecule has 30 heavy (non-hydrogen) atoms. The lowest BCUT2D eigenvalue weighted by Crippen LogP contribution is -2.45. The average Bonchev–Trinajstić information content (AvgIpc) is 3.10. The quantitative estimate of drug-likeness (QED) is 0.476. The van der Waals surface area contributed by atoms with E-state index in [1.54, 1.807) is 43.3 Å². The molecular weight excluding hydrogens is 391 g/mol. The number of amides is 2. The van der Waals surface area contributed by atoms with Gasteiger partial charge in [-0.05, 0) is 42.8 Å². The van der Waals surface area contributed by atoms with E-state index in [1.165, 1.54) is 12.1 Å². The van der Waals surface area contributed by atoms with Crippen LogP contribution in [0.5, 0.6) is 0 Å². The summed E-state index contributed by atoms with van der Waals surface area (Å²) in [5.41, 5.74) is 2.73. The number of hydrogen-bond acceptors (Lipinski definition) is 6. The Kier molecular flexibility index (Phi) is 5.14. The summed E-state index contributed by atoms with van der Waals surface area (Å²) >= 11 is 0. The summed E-state index contributed by atoms with van der Waals surface area (Å²) in [7, 11) is 0. The first-order valence-corrected chi connectivity index (χ1v) is 9.23. The number of esters is 1. The molecule has 2 amide bonds. The molecule has 8 heteroatoms. The predicted molar refractivity (Wildman–Crippen MR) is 103 cm³/mol. The van der Waals surface area contributed by atoms with Gasteiger partial charge in [0.15, 0.2) is 5.76 Å². The van der Waals surface area contributed by atoms with Crippen molar-refractivity contribution in [3.8, 4) is 11.3 Å². The SMILES string of the molecule is Cc1c(COC(=O)CN2C(=O)Cc3ccccc3C2=O)noc1-c1ccc(F)cc1. The van der Waals surface area contributed by atoms with Crippen LogP contribution in [0.25, 0.3) is 11.3 Å². The topological polar surface area (TPSA) is 89.7 Å². The van der Waals surface area contributed by atoms with E-state index in [2.05, 4.69) is 5.16 Å². The van der Waals surface area contributed by atoms with Crippen LogP contribution >= 0.6 is 0 Å². The van der Waals surface area contributed by atoms with Gasteiger partial charge in [0, 0.05) is 16.7 Å². The molecule has 1 aliphatic heterocycles. The van der Waals surface area contributed by atoms with Gasteiger partial charge >= 0.3 is 5.97 Å². The lowest BCUT2D eigenvalue weighted by atomic mass is 9.98. The van der Waals surface area contributed by atoms with Crippen LogP contribution in [0, 0.1) is 12.7 Å². The molecule has 7 nitrogen and oxygen atoms in total. The Labute approximate surface area is 171 Å². The summed E-state index contributed by atoms with van der Waals surface area (Å²) in [5, 5.41) is 3.90. The molecule has 0 radical (unpaired) electrons. The summed E-state index contributed by atoms with van der Waals surface area (Å²) in [6.07, 6.45) is 0.0542. The van der Waals surface area contributed by atoms with E-state index in [4.69, 9.17) is 9.26 Å². The van der Waals surface area contributed by atoms with E-state index < -0.39 is 24.3 Å². The second-order valence-corrected chi connectivity index (χ2v) is 6.87. The van der Waals surface area contributed by atoms with Crippen molar-refractivity contribution in [2.45, 2.75) is 20.0 Å². The van der Waals surface area contributed by atoms with Gasteiger partial charge in [-0.2, -0.15) is 0 Å². The van der Waals surface area contributed by atoms with Crippen LogP contribution in [-0.4, -0.2) is 34.4 Å². The summed E-state index contributed by atoms with van der Waals surface area (Å²) in [4.78, 5) is 37.9. The van der Waals surface area contributed by atoms with Crippen LogP contribution in [0.15, 0.2) is 53.1 Å². The summed E-state index contributed by atoms with van der Waals surface area (Å²) < 4.78 is 23.6. The molecule has 2 heterocycles. The Bertz CT molecular complexity index is 1140. The van der Waals surface area contributed by atoms with E-state index >= 15 is 0 Å². The number of halogens is 1. The van der Waals surface area contributed by atoms with Crippen molar-refractivity contribution in [2.75, 3.05) is 6.54 Å². The Hall–Kier alpha value is -3.81. The third-order valence-corrected chi connectivity index (χ3v) is 4.92. The highest BCUT2D eigenvalue weighted by Gasteiger charge is 2.32. The number of carbonyl (C=O) groups excluding carboxylic acids is 3. The molecule has 1 aromatic heterocycles. The van der Waals surface area contributed by atoms with Crippen LogP contribution in [-0.2, 0) is 27.4 Å². The van der Waals surface area contributed by atoms with E-state index in [9.17, 15) is 18.8 Å². The number of nitrogens with zero attached hydrogens (tertiary/aromatic N) is 2. The van der Waals surface area contributed by atoms with Crippen molar-refractivity contribution in [3.05, 3.63) is 76.7 Å². The standard InChI is InChI=1S/C22H17FN2O5/c1-13-18(24-30-21(13)14-6-8-16(23)9-7-14)12-29-20(27)11-25-19(26)10-15-4-2-3-5-17(15)22(25)28/h2-9H,10-12H2,1H3. The molecule has 0 bridgehead atoms. The molecule has 3 aromatic rings. The van der Waals surface area contributed by atoms with Crippen molar-refractivity contribution < 1.29 is 28.0 Å². The van der Waals surface area contributed by atoms with Gasteiger partial charge in [0.25, 0.3) is 5.91 Å². The third kappa shape index (κ3) is 3.71. The smallest absolute Gasteiger partial charge is 0.326 e. The van der Waals surface area contributed by atoms with Crippen LogP contribution in [0.1, 0.15) is 27.2 Å². The molecule has 0 saturated heterocycles. The number of benzene rings is 2. The number of carbonyl (C=O) groups is 3. The lowest BCUT2D eigenvalue weighted by molar-refractivity contribution is -0.149. The van der Waals surface area contributed by atoms with Crippen molar-refractivity contribution in [1.82, 2.24) is 10.1 Å². The van der Waals surface area contributed by atoms with Gasteiger partial charge < -0.3 is 9.26 Å². The second-order valence-electron chi connectivity index (χ2n) is 6.87. The predicted octanol–water partition coefficient (Wildman–Crippen LogP) is 3.06. The Morgan fingerprint density at radius 1 is 1.17 bits per heavy atom. The van der Waals surface area contributed by atoms with E-state index in [-0.39, 0.29) is 18.8 Å². The van der Waals surface area contributed by atoms with Crippen molar-refractivity contribution in [2.24, 2.45) is 0 Å². The fourth-order valence-corrected chi connectivity index (χ4v) is 3.26. The van der Waals surface area contributed by atoms with Crippen LogP contribution in [0.3, 0.4) is 0 Å². The largest absolute Gasteiger partial charge is 0.458 e. The maximum Gasteiger partial charge on any atom is 0.326 e. The third-order valence-electron chi connectivity index (χ3n) is 4.92. The zero-order valence-electron chi connectivity index (χ0n) is 16.1. The fraction of sp³-hybridized carbons (Fsp3) is 0.182. The van der Waals surface area contributed by atoms with E-state index in [0.717, 1.165) is 4.90 Å². The average molecular weight is 408 g/mol. The Morgan fingerprint density at radius 2 is 1.90 bits per heavy atom. The van der Waals surface area contributed by atoms with Gasteiger partial charge in [-0.25, -0.2) is 4.39 Å². The van der Waals surface area contributed by atoms with E-state index in [0.29, 0.717) is 33.7 Å². The highest BCUT2D eigenvalue weighted by Crippen LogP contribution is 2.26. The Morgan fingerprint density at radius 3 is 2.67 bits per heavy atom. The molecule has 0 fully saturated rings. The van der Waals surface area contributed by atoms with Crippen LogP contribution in [0.4, 0.5) is 4.39 Å². The molecule has 4 rings (SSSR count). The molecular formula is C22H17FN2O5. The first-order valence-electron chi connectivity index (χ1n) is 9.23. The minimum absolute atomic E-state index is 0.0542. The molecule has 0 N–H and O–H groups in total. The molecule has 0 saturated carbocycles. The summed E-state index contributed by atoms with van der Waals surface area (Å²) in [6, 6.07) is 12.5. The molecule has 1 aliphatic rings. The maximum atomic E-state index is 13.1. The molecule has 0 unspecified atom stereocenters. The van der Waals surface area contributed by atoms with Crippen LogP contribution < -0.4 is 0 Å². The van der Waals surface area contributed by atoms with Crippen molar-refractivity contribution in [3.63, 3.8) is 0 Å². The minimum Gasteiger partial charge on any atom is -0.458 e. The normalized spacial score (nSPS) is 13.3. The number of ether oxygens (including phenoxy) is 1. The highest BCUT2D eigenvalue weighted by molar-refractivity contribution is 6.11. The van der Waals surface area contributed by atoms with Gasteiger partial charge in [0.05, 0.1) is 6.42 Å². The van der Waals surface area contributed by atoms with Gasteiger partial charge in [0.2, 0.25) is 5.91 Å². The number of fused-ring (bicyclic) bond motifs is 1. The van der Waals surface area contributed by atoms with Gasteiger partial charge in [-0.1, -0.05) is 23.4 Å². The molecule has 152 valence electrons. The molecule has 0 aliphatic carbocycles. The zero-order valence-corrected chi connectivity index (χ0v) is 16.1. The first-order chi connectivity index (χ1) is 14.4. The van der Waals surface area contributed by atoms with Crippen molar-refractivity contribution in [1.29, 1.82) is 0 Å². The van der Waals surface area contributed by atoms with Gasteiger partial charge in [-0.3, -0.25) is 19.3 Å². The summed E-state index contributed by atoms with van der Waals surface area (Å²) in [5.74, 6) is -1.63. The second kappa shape index (κ2) is 7.90. The number of imide groups is 1. The lowest BCUT2D eigenvalue weighted by Gasteiger charge is -2.25. The summed E-state index contributed by atoms with van der Waals surface area (Å²) in [6.45, 7) is 1.09. The number of rotatable bonds is 5.